The molecule has 0 spiro atoms. The minimum absolute atomic E-state index is 0.216. The Hall–Kier alpha value is -2.23. The molecule has 0 aliphatic heterocycles. The fourth-order valence-corrected chi connectivity index (χ4v) is 5.09. The van der Waals surface area contributed by atoms with Gasteiger partial charge in [0.15, 0.2) is 5.11 Å². The van der Waals surface area contributed by atoms with E-state index in [2.05, 4.69) is 37.5 Å². The minimum atomic E-state index is -0.259. The van der Waals surface area contributed by atoms with Crippen LogP contribution in [0.25, 0.3) is 0 Å². The maximum Gasteiger partial charge on any atom is 0.257 e. The molecule has 146 valence electrons. The van der Waals surface area contributed by atoms with Gasteiger partial charge in [-0.25, -0.2) is 0 Å². The number of carbonyl (C=O) groups is 1. The van der Waals surface area contributed by atoms with E-state index in [1.807, 2.05) is 19.1 Å². The van der Waals surface area contributed by atoms with Crippen LogP contribution < -0.4 is 10.6 Å². The van der Waals surface area contributed by atoms with Crippen LogP contribution in [0.15, 0.2) is 24.3 Å². The van der Waals surface area contributed by atoms with E-state index in [0.717, 1.165) is 35.4 Å². The Balaban J connectivity index is 1.73. The van der Waals surface area contributed by atoms with Gasteiger partial charge < -0.3 is 5.32 Å². The molecule has 0 saturated heterocycles. The first-order chi connectivity index (χ1) is 13.2. The Kier molecular flexibility index (Phi) is 5.87. The predicted molar refractivity (Wildman–Crippen MR) is 119 cm³/mol. The second kappa shape index (κ2) is 8.02. The lowest BCUT2D eigenvalue weighted by molar-refractivity contribution is 0.0977. The maximum absolute atomic E-state index is 12.4. The summed E-state index contributed by atoms with van der Waals surface area (Å²) in [4.78, 5) is 13.6. The molecule has 3 rings (SSSR count). The largest absolute Gasteiger partial charge is 0.323 e. The number of thiophene rings is 1. The van der Waals surface area contributed by atoms with Crippen molar-refractivity contribution in [3.63, 3.8) is 0 Å². The van der Waals surface area contributed by atoms with E-state index in [1.165, 1.54) is 4.88 Å². The van der Waals surface area contributed by atoms with E-state index in [1.54, 1.807) is 23.5 Å². The molecule has 1 atom stereocenters. The third kappa shape index (κ3) is 4.43. The summed E-state index contributed by atoms with van der Waals surface area (Å²) in [5.74, 6) is 0.344. The van der Waals surface area contributed by atoms with E-state index in [-0.39, 0.29) is 16.4 Å². The van der Waals surface area contributed by atoms with Crippen LogP contribution in [-0.4, -0.2) is 11.0 Å². The number of hydrogen-bond donors (Lipinski definition) is 2. The monoisotopic (exact) mass is 411 g/mol. The number of benzene rings is 1. The number of nitriles is 1. The zero-order valence-electron chi connectivity index (χ0n) is 16.7. The maximum atomic E-state index is 12.4. The lowest BCUT2D eigenvalue weighted by Crippen LogP contribution is -2.34. The highest BCUT2D eigenvalue weighted by Gasteiger charge is 2.32. The van der Waals surface area contributed by atoms with Gasteiger partial charge in [-0.1, -0.05) is 38.5 Å². The lowest BCUT2D eigenvalue weighted by atomic mass is 9.72. The molecule has 2 N–H and O–H groups in total. The van der Waals surface area contributed by atoms with Crippen molar-refractivity contribution in [3.05, 3.63) is 51.4 Å². The van der Waals surface area contributed by atoms with Gasteiger partial charge in [-0.2, -0.15) is 5.26 Å². The number of amides is 1. The topological polar surface area (TPSA) is 64.9 Å². The molecule has 0 fully saturated rings. The molecule has 1 amide bonds. The lowest BCUT2D eigenvalue weighted by Gasteiger charge is -2.33. The Morgan fingerprint density at radius 2 is 1.96 bits per heavy atom. The summed E-state index contributed by atoms with van der Waals surface area (Å²) in [6, 6.07) is 9.64. The zero-order valence-corrected chi connectivity index (χ0v) is 18.3. The molecule has 1 unspecified atom stereocenters. The van der Waals surface area contributed by atoms with Crippen LogP contribution in [0.1, 0.15) is 59.1 Å². The van der Waals surface area contributed by atoms with Crippen molar-refractivity contribution < 1.29 is 4.79 Å². The van der Waals surface area contributed by atoms with Gasteiger partial charge in [-0.15, -0.1) is 11.3 Å². The number of nitrogens with one attached hydrogen (secondary N) is 2. The van der Waals surface area contributed by atoms with E-state index in [9.17, 15) is 10.1 Å². The SMILES string of the molecule is Cc1ccc(C(=O)NC(=S)Nc2sc3c(c2C#N)CCC(C(C)(C)C)C3)cc1. The summed E-state index contributed by atoms with van der Waals surface area (Å²) in [6.07, 6.45) is 3.00. The second-order valence-corrected chi connectivity index (χ2v) is 9.91. The molecule has 1 aliphatic carbocycles. The third-order valence-corrected chi connectivity index (χ3v) is 6.74. The molecule has 1 aliphatic rings. The van der Waals surface area contributed by atoms with Crippen LogP contribution in [0.5, 0.6) is 0 Å². The Labute approximate surface area is 176 Å². The average Bonchev–Trinajstić information content (AvgIpc) is 2.97. The number of thiocarbonyl (C=S) groups is 1. The van der Waals surface area contributed by atoms with Gasteiger partial charge in [0.2, 0.25) is 0 Å². The van der Waals surface area contributed by atoms with Gasteiger partial charge in [0.25, 0.3) is 5.91 Å². The number of aryl methyl sites for hydroxylation is 1. The van der Waals surface area contributed by atoms with Crippen molar-refractivity contribution in [2.45, 2.75) is 47.0 Å². The van der Waals surface area contributed by atoms with Crippen LogP contribution in [0.4, 0.5) is 5.00 Å². The number of carbonyl (C=O) groups excluding carboxylic acids is 1. The smallest absolute Gasteiger partial charge is 0.257 e. The van der Waals surface area contributed by atoms with Gasteiger partial charge in [-0.05, 0) is 67.4 Å². The summed E-state index contributed by atoms with van der Waals surface area (Å²) in [7, 11) is 0. The number of fused-ring (bicyclic) bond motifs is 1. The summed E-state index contributed by atoms with van der Waals surface area (Å²) in [5, 5.41) is 16.4. The quantitative estimate of drug-likeness (QED) is 0.666. The van der Waals surface area contributed by atoms with Crippen LogP contribution in [0.3, 0.4) is 0 Å². The van der Waals surface area contributed by atoms with Crippen molar-refractivity contribution in [3.8, 4) is 6.07 Å². The standard InChI is InChI=1S/C22H25N3OS2/c1-13-5-7-14(8-6-13)19(26)24-21(27)25-20-17(12-23)16-10-9-15(22(2,3)4)11-18(16)28-20/h5-8,15H,9-11H2,1-4H3,(H2,24,25,26,27). The van der Waals surface area contributed by atoms with Crippen LogP contribution in [-0.2, 0) is 12.8 Å². The zero-order chi connectivity index (χ0) is 20.5. The minimum Gasteiger partial charge on any atom is -0.323 e. The van der Waals surface area contributed by atoms with Gasteiger partial charge in [-0.3, -0.25) is 10.1 Å². The Morgan fingerprint density at radius 1 is 1.29 bits per heavy atom. The fourth-order valence-electron chi connectivity index (χ4n) is 3.55. The highest BCUT2D eigenvalue weighted by molar-refractivity contribution is 7.80. The average molecular weight is 412 g/mol. The van der Waals surface area contributed by atoms with E-state index >= 15 is 0 Å². The molecule has 1 heterocycles. The van der Waals surface area contributed by atoms with Crippen molar-refractivity contribution in [1.82, 2.24) is 5.32 Å². The van der Waals surface area contributed by atoms with Crippen molar-refractivity contribution in [1.29, 1.82) is 5.26 Å². The van der Waals surface area contributed by atoms with Gasteiger partial charge in [0, 0.05) is 10.4 Å². The summed E-state index contributed by atoms with van der Waals surface area (Å²) in [5.41, 5.74) is 3.70. The summed E-state index contributed by atoms with van der Waals surface area (Å²) in [6.45, 7) is 8.79. The molecule has 0 saturated carbocycles. The van der Waals surface area contributed by atoms with E-state index in [0.29, 0.717) is 17.0 Å². The second-order valence-electron chi connectivity index (χ2n) is 8.40. The van der Waals surface area contributed by atoms with Crippen LogP contribution in [0.2, 0.25) is 0 Å². The summed E-state index contributed by atoms with van der Waals surface area (Å²) >= 11 is 6.91. The molecule has 2 aromatic rings. The molecular weight excluding hydrogens is 386 g/mol. The summed E-state index contributed by atoms with van der Waals surface area (Å²) < 4.78 is 0. The first-order valence-electron chi connectivity index (χ1n) is 9.42. The first-order valence-corrected chi connectivity index (χ1v) is 10.6. The van der Waals surface area contributed by atoms with Gasteiger partial charge in [0.1, 0.15) is 11.1 Å². The first kappa shape index (κ1) is 20.5. The van der Waals surface area contributed by atoms with Crippen molar-refractivity contribution in [2.75, 3.05) is 5.32 Å². The molecule has 4 nitrogen and oxygen atoms in total. The molecule has 0 radical (unpaired) electrons. The number of hydrogen-bond acceptors (Lipinski definition) is 4. The molecular formula is C22H25N3OS2. The Bertz CT molecular complexity index is 946. The molecule has 28 heavy (non-hydrogen) atoms. The normalized spacial score (nSPS) is 16.0. The number of nitrogens with zero attached hydrogens (tertiary/aromatic N) is 1. The van der Waals surface area contributed by atoms with Crippen LogP contribution in [0, 0.1) is 29.6 Å². The Morgan fingerprint density at radius 3 is 2.57 bits per heavy atom. The number of rotatable bonds is 2. The molecule has 6 heteroatoms. The van der Waals surface area contributed by atoms with Gasteiger partial charge in [0.05, 0.1) is 5.56 Å². The highest BCUT2D eigenvalue weighted by Crippen LogP contribution is 2.43. The van der Waals surface area contributed by atoms with E-state index in [4.69, 9.17) is 12.2 Å². The third-order valence-electron chi connectivity index (χ3n) is 5.37. The fraction of sp³-hybridized carbons (Fsp3) is 0.409. The molecule has 0 bridgehead atoms. The van der Waals surface area contributed by atoms with Gasteiger partial charge >= 0.3 is 0 Å². The number of anilines is 1. The van der Waals surface area contributed by atoms with Crippen LogP contribution >= 0.6 is 23.6 Å². The van der Waals surface area contributed by atoms with E-state index < -0.39 is 0 Å². The highest BCUT2D eigenvalue weighted by atomic mass is 32.1. The molecule has 1 aromatic carbocycles. The molecule has 1 aromatic heterocycles. The van der Waals surface area contributed by atoms with Crippen molar-refractivity contribution >= 4 is 39.6 Å². The predicted octanol–water partition coefficient (Wildman–Crippen LogP) is 5.21. The van der Waals surface area contributed by atoms with Crippen molar-refractivity contribution in [2.24, 2.45) is 11.3 Å².